The van der Waals surface area contributed by atoms with E-state index < -0.39 is 0 Å². The fourth-order valence-electron chi connectivity index (χ4n) is 4.39. The molecule has 5 rings (SSSR count). The SMILES string of the molecule is Cc1ccccc1OCCn1c([C@@H]2CC(=O)N(c3ccccc3Br)C2)nc2ccccc21. The summed E-state index contributed by atoms with van der Waals surface area (Å²) >= 11 is 3.58. The van der Waals surface area contributed by atoms with Gasteiger partial charge >= 0.3 is 0 Å². The molecule has 0 unspecified atom stereocenters. The standard InChI is InChI=1S/C26H24BrN3O2/c1-18-8-2-7-13-24(18)32-15-14-29-23-12-6-4-10-21(23)28-26(29)19-16-25(31)30(17-19)22-11-5-3-9-20(22)27/h2-13,19H,14-17H2,1H3/t19-/m1/s1. The van der Waals surface area contributed by atoms with Crippen molar-refractivity contribution in [2.24, 2.45) is 0 Å². The largest absolute Gasteiger partial charge is 0.491 e. The summed E-state index contributed by atoms with van der Waals surface area (Å²) in [5.41, 5.74) is 4.05. The molecule has 6 heteroatoms. The molecule has 0 spiro atoms. The predicted molar refractivity (Wildman–Crippen MR) is 130 cm³/mol. The van der Waals surface area contributed by atoms with Crippen molar-refractivity contribution in [3.05, 3.63) is 88.7 Å². The van der Waals surface area contributed by atoms with E-state index in [1.807, 2.05) is 78.6 Å². The lowest BCUT2D eigenvalue weighted by Crippen LogP contribution is -2.25. The summed E-state index contributed by atoms with van der Waals surface area (Å²) in [4.78, 5) is 19.7. The number of aromatic nitrogens is 2. The lowest BCUT2D eigenvalue weighted by Gasteiger charge is -2.19. The molecule has 0 N–H and O–H groups in total. The monoisotopic (exact) mass is 489 g/mol. The smallest absolute Gasteiger partial charge is 0.227 e. The fourth-order valence-corrected chi connectivity index (χ4v) is 4.89. The van der Waals surface area contributed by atoms with Crippen molar-refractivity contribution >= 4 is 38.6 Å². The number of aryl methyl sites for hydroxylation is 1. The normalized spacial score (nSPS) is 16.1. The quantitative estimate of drug-likeness (QED) is 0.348. The Morgan fingerprint density at radius 2 is 1.78 bits per heavy atom. The number of carbonyl (C=O) groups is 1. The fraction of sp³-hybridized carbons (Fsp3) is 0.231. The van der Waals surface area contributed by atoms with E-state index >= 15 is 0 Å². The van der Waals surface area contributed by atoms with Crippen molar-refractivity contribution in [3.63, 3.8) is 0 Å². The molecule has 0 radical (unpaired) electrons. The van der Waals surface area contributed by atoms with Crippen molar-refractivity contribution in [1.29, 1.82) is 0 Å². The average Bonchev–Trinajstić information content (AvgIpc) is 3.36. The zero-order valence-electron chi connectivity index (χ0n) is 17.9. The summed E-state index contributed by atoms with van der Waals surface area (Å²) in [5.74, 6) is 1.99. The van der Waals surface area contributed by atoms with Crippen molar-refractivity contribution in [2.75, 3.05) is 18.1 Å². The molecule has 0 saturated carbocycles. The highest BCUT2D eigenvalue weighted by atomic mass is 79.9. The summed E-state index contributed by atoms with van der Waals surface area (Å²) in [5, 5.41) is 0. The van der Waals surface area contributed by atoms with Crippen LogP contribution < -0.4 is 9.64 Å². The first-order valence-electron chi connectivity index (χ1n) is 10.8. The maximum atomic E-state index is 12.9. The molecule has 1 amide bonds. The van der Waals surface area contributed by atoms with Crippen LogP contribution in [0.3, 0.4) is 0 Å². The van der Waals surface area contributed by atoms with E-state index in [1.165, 1.54) is 0 Å². The number of benzene rings is 3. The number of halogens is 1. The van der Waals surface area contributed by atoms with E-state index in [1.54, 1.807) is 0 Å². The minimum atomic E-state index is 0.0282. The minimum absolute atomic E-state index is 0.0282. The summed E-state index contributed by atoms with van der Waals surface area (Å²) in [6, 6.07) is 24.0. The third-order valence-corrected chi connectivity index (χ3v) is 6.65. The molecule has 1 aliphatic heterocycles. The second-order valence-electron chi connectivity index (χ2n) is 8.08. The first-order valence-corrected chi connectivity index (χ1v) is 11.6. The van der Waals surface area contributed by atoms with Gasteiger partial charge in [-0.3, -0.25) is 4.79 Å². The van der Waals surface area contributed by atoms with Gasteiger partial charge in [-0.15, -0.1) is 0 Å². The van der Waals surface area contributed by atoms with Crippen molar-refractivity contribution in [1.82, 2.24) is 9.55 Å². The molecular formula is C26H24BrN3O2. The third kappa shape index (κ3) is 3.91. The van der Waals surface area contributed by atoms with Crippen LogP contribution in [0.4, 0.5) is 5.69 Å². The maximum absolute atomic E-state index is 12.9. The van der Waals surface area contributed by atoms with E-state index in [4.69, 9.17) is 9.72 Å². The first-order chi connectivity index (χ1) is 15.6. The number of hydrogen-bond donors (Lipinski definition) is 0. The number of carbonyl (C=O) groups excluding carboxylic acids is 1. The summed E-state index contributed by atoms with van der Waals surface area (Å²) in [6.07, 6.45) is 0.448. The van der Waals surface area contributed by atoms with E-state index in [-0.39, 0.29) is 11.8 Å². The molecule has 0 aliphatic carbocycles. The second kappa shape index (κ2) is 8.79. The molecule has 1 aliphatic rings. The van der Waals surface area contributed by atoms with Crippen molar-refractivity contribution in [3.8, 4) is 5.75 Å². The molecular weight excluding hydrogens is 466 g/mol. The van der Waals surface area contributed by atoms with Crippen molar-refractivity contribution < 1.29 is 9.53 Å². The van der Waals surface area contributed by atoms with Crippen LogP contribution in [-0.4, -0.2) is 28.6 Å². The number of imidazole rings is 1. The Balaban J connectivity index is 1.42. The van der Waals surface area contributed by atoms with Gasteiger partial charge in [0.1, 0.15) is 18.2 Å². The molecule has 1 atom stereocenters. The molecule has 3 aromatic carbocycles. The predicted octanol–water partition coefficient (Wildman–Crippen LogP) is 5.71. The van der Waals surface area contributed by atoms with Gasteiger partial charge in [-0.2, -0.15) is 0 Å². The number of ether oxygens (including phenoxy) is 1. The molecule has 4 aromatic rings. The topological polar surface area (TPSA) is 47.4 Å². The minimum Gasteiger partial charge on any atom is -0.491 e. The van der Waals surface area contributed by atoms with E-state index in [2.05, 4.69) is 26.6 Å². The number of fused-ring (bicyclic) bond motifs is 1. The molecule has 5 nitrogen and oxygen atoms in total. The highest BCUT2D eigenvalue weighted by Gasteiger charge is 2.35. The van der Waals surface area contributed by atoms with E-state index in [9.17, 15) is 4.79 Å². The van der Waals surface area contributed by atoms with Crippen LogP contribution in [-0.2, 0) is 11.3 Å². The van der Waals surface area contributed by atoms with Gasteiger partial charge in [-0.25, -0.2) is 4.98 Å². The number of amides is 1. The lowest BCUT2D eigenvalue weighted by atomic mass is 10.1. The highest BCUT2D eigenvalue weighted by Crippen LogP contribution is 2.36. The highest BCUT2D eigenvalue weighted by molar-refractivity contribution is 9.10. The van der Waals surface area contributed by atoms with Gasteiger partial charge in [0, 0.05) is 23.4 Å². The summed E-state index contributed by atoms with van der Waals surface area (Å²) < 4.78 is 9.21. The Kier molecular flexibility index (Phi) is 5.70. The van der Waals surface area contributed by atoms with Crippen LogP contribution >= 0.6 is 15.9 Å². The summed E-state index contributed by atoms with van der Waals surface area (Å²) in [6.45, 7) is 3.87. The van der Waals surface area contributed by atoms with E-state index in [0.29, 0.717) is 26.1 Å². The van der Waals surface area contributed by atoms with Crippen LogP contribution in [0, 0.1) is 6.92 Å². The maximum Gasteiger partial charge on any atom is 0.227 e. The molecule has 2 heterocycles. The van der Waals surface area contributed by atoms with Crippen LogP contribution in [0.25, 0.3) is 11.0 Å². The summed E-state index contributed by atoms with van der Waals surface area (Å²) in [7, 11) is 0. The number of hydrogen-bond acceptors (Lipinski definition) is 3. The molecule has 32 heavy (non-hydrogen) atoms. The lowest BCUT2D eigenvalue weighted by molar-refractivity contribution is -0.117. The number of rotatable bonds is 6. The van der Waals surface area contributed by atoms with Gasteiger partial charge in [0.05, 0.1) is 23.3 Å². The zero-order valence-corrected chi connectivity index (χ0v) is 19.5. The van der Waals surface area contributed by atoms with Crippen molar-refractivity contribution in [2.45, 2.75) is 25.8 Å². The van der Waals surface area contributed by atoms with Gasteiger partial charge in [0.25, 0.3) is 0 Å². The Morgan fingerprint density at radius 3 is 2.62 bits per heavy atom. The van der Waals surface area contributed by atoms with Gasteiger partial charge in [0.15, 0.2) is 0 Å². The molecule has 1 fully saturated rings. The van der Waals surface area contributed by atoms with Gasteiger partial charge < -0.3 is 14.2 Å². The number of anilines is 1. The van der Waals surface area contributed by atoms with Crippen LogP contribution in [0.2, 0.25) is 0 Å². The Labute approximate surface area is 195 Å². The molecule has 1 saturated heterocycles. The van der Waals surface area contributed by atoms with Gasteiger partial charge in [-0.1, -0.05) is 42.5 Å². The van der Waals surface area contributed by atoms with E-state index in [0.717, 1.165) is 38.3 Å². The first kappa shape index (κ1) is 20.8. The van der Waals surface area contributed by atoms with Crippen LogP contribution in [0.1, 0.15) is 23.7 Å². The third-order valence-electron chi connectivity index (χ3n) is 5.98. The molecule has 162 valence electrons. The number of para-hydroxylation sites is 4. The molecule has 0 bridgehead atoms. The number of nitrogens with zero attached hydrogens (tertiary/aromatic N) is 3. The van der Waals surface area contributed by atoms with Crippen LogP contribution in [0.5, 0.6) is 5.75 Å². The Hall–Kier alpha value is -3.12. The van der Waals surface area contributed by atoms with Crippen LogP contribution in [0.15, 0.2) is 77.3 Å². The van der Waals surface area contributed by atoms with Gasteiger partial charge in [0.2, 0.25) is 5.91 Å². The van der Waals surface area contributed by atoms with Gasteiger partial charge in [-0.05, 0) is 58.7 Å². The molecule has 1 aromatic heterocycles. The average molecular weight is 490 g/mol. The zero-order chi connectivity index (χ0) is 22.1. The Morgan fingerprint density at radius 1 is 1.03 bits per heavy atom. The Bertz CT molecular complexity index is 1280. The second-order valence-corrected chi connectivity index (χ2v) is 8.94.